The average Bonchev–Trinajstić information content (AvgIpc) is 2.41. The molecule has 0 aliphatic carbocycles. The van der Waals surface area contributed by atoms with Gasteiger partial charge in [-0.2, -0.15) is 0 Å². The molecule has 0 spiro atoms. The number of hydrogen-bond donors (Lipinski definition) is 1. The summed E-state index contributed by atoms with van der Waals surface area (Å²) in [5, 5.41) is 0. The lowest BCUT2D eigenvalue weighted by Crippen LogP contribution is -2.04. The molecule has 0 saturated heterocycles. The number of hydrogen-bond acceptors (Lipinski definition) is 2. The summed E-state index contributed by atoms with van der Waals surface area (Å²) < 4.78 is 18.6. The highest BCUT2D eigenvalue weighted by molar-refractivity contribution is 5.27. The van der Waals surface area contributed by atoms with Crippen LogP contribution in [0.1, 0.15) is 16.7 Å². The molecule has 0 atom stereocenters. The van der Waals surface area contributed by atoms with Crippen molar-refractivity contribution in [3.8, 4) is 0 Å². The topological polar surface area (TPSA) is 35.2 Å². The highest BCUT2D eigenvalue weighted by Gasteiger charge is 2.03. The Hall–Kier alpha value is -1.71. The fraction of sp³-hybridized carbons (Fsp3) is 0.200. The van der Waals surface area contributed by atoms with Crippen LogP contribution in [0.15, 0.2) is 48.5 Å². The van der Waals surface area contributed by atoms with E-state index in [4.69, 9.17) is 10.5 Å². The van der Waals surface area contributed by atoms with E-state index in [9.17, 15) is 4.39 Å². The monoisotopic (exact) mass is 245 g/mol. The van der Waals surface area contributed by atoms with E-state index in [0.29, 0.717) is 19.8 Å². The zero-order valence-electron chi connectivity index (χ0n) is 10.1. The van der Waals surface area contributed by atoms with Crippen molar-refractivity contribution < 1.29 is 9.13 Å². The Morgan fingerprint density at radius 2 is 1.72 bits per heavy atom. The Labute approximate surface area is 106 Å². The standard InChI is InChI=1S/C15H16FNO/c16-15-7-6-13(14(8-15)9-17)11-18-10-12-4-2-1-3-5-12/h1-8H,9-11,17H2. The van der Waals surface area contributed by atoms with Crippen molar-refractivity contribution in [2.75, 3.05) is 0 Å². The molecule has 2 nitrogen and oxygen atoms in total. The predicted molar refractivity (Wildman–Crippen MR) is 69.2 cm³/mol. The second-order valence-electron chi connectivity index (χ2n) is 4.10. The van der Waals surface area contributed by atoms with Crippen molar-refractivity contribution in [3.05, 3.63) is 71.0 Å². The molecule has 0 aliphatic heterocycles. The molecule has 0 aromatic heterocycles. The normalized spacial score (nSPS) is 10.6. The first-order valence-electron chi connectivity index (χ1n) is 5.88. The van der Waals surface area contributed by atoms with Crippen LogP contribution in [0.3, 0.4) is 0 Å². The van der Waals surface area contributed by atoms with Crippen molar-refractivity contribution in [1.82, 2.24) is 0 Å². The summed E-state index contributed by atoms with van der Waals surface area (Å²) in [6.07, 6.45) is 0. The van der Waals surface area contributed by atoms with E-state index in [1.165, 1.54) is 12.1 Å². The van der Waals surface area contributed by atoms with Gasteiger partial charge in [-0.05, 0) is 28.8 Å². The molecule has 0 fully saturated rings. The largest absolute Gasteiger partial charge is 0.372 e. The summed E-state index contributed by atoms with van der Waals surface area (Å²) in [6, 6.07) is 14.5. The summed E-state index contributed by atoms with van der Waals surface area (Å²) in [4.78, 5) is 0. The van der Waals surface area contributed by atoms with Crippen LogP contribution >= 0.6 is 0 Å². The molecule has 94 valence electrons. The maximum atomic E-state index is 13.0. The van der Waals surface area contributed by atoms with Gasteiger partial charge in [-0.25, -0.2) is 4.39 Å². The van der Waals surface area contributed by atoms with Crippen LogP contribution in [0.25, 0.3) is 0 Å². The lowest BCUT2D eigenvalue weighted by atomic mass is 10.1. The van der Waals surface area contributed by atoms with Gasteiger partial charge in [0.2, 0.25) is 0 Å². The van der Waals surface area contributed by atoms with Gasteiger partial charge >= 0.3 is 0 Å². The minimum Gasteiger partial charge on any atom is -0.372 e. The average molecular weight is 245 g/mol. The molecule has 18 heavy (non-hydrogen) atoms. The molecule has 0 bridgehead atoms. The summed E-state index contributed by atoms with van der Waals surface area (Å²) in [5.74, 6) is -0.262. The van der Waals surface area contributed by atoms with E-state index in [-0.39, 0.29) is 5.82 Å². The van der Waals surface area contributed by atoms with Crippen molar-refractivity contribution in [2.45, 2.75) is 19.8 Å². The predicted octanol–water partition coefficient (Wildman–Crippen LogP) is 3.00. The van der Waals surface area contributed by atoms with Gasteiger partial charge in [-0.3, -0.25) is 0 Å². The molecule has 2 aromatic carbocycles. The molecule has 0 radical (unpaired) electrons. The van der Waals surface area contributed by atoms with E-state index in [1.807, 2.05) is 30.3 Å². The second kappa shape index (κ2) is 6.28. The highest BCUT2D eigenvalue weighted by Crippen LogP contribution is 2.13. The lowest BCUT2D eigenvalue weighted by molar-refractivity contribution is 0.106. The summed E-state index contributed by atoms with van der Waals surface area (Å²) in [6.45, 7) is 1.31. The summed E-state index contributed by atoms with van der Waals surface area (Å²) in [5.41, 5.74) is 8.43. The summed E-state index contributed by atoms with van der Waals surface area (Å²) in [7, 11) is 0. The van der Waals surface area contributed by atoms with Crippen LogP contribution in [0.4, 0.5) is 4.39 Å². The third-order valence-corrected chi connectivity index (χ3v) is 2.76. The molecule has 2 N–H and O–H groups in total. The quantitative estimate of drug-likeness (QED) is 0.878. The lowest BCUT2D eigenvalue weighted by Gasteiger charge is -2.09. The van der Waals surface area contributed by atoms with Gasteiger partial charge in [0.15, 0.2) is 0 Å². The molecule has 0 heterocycles. The molecule has 0 saturated carbocycles. The molecule has 3 heteroatoms. The maximum absolute atomic E-state index is 13.0. The minimum atomic E-state index is -0.262. The second-order valence-corrected chi connectivity index (χ2v) is 4.10. The highest BCUT2D eigenvalue weighted by atomic mass is 19.1. The van der Waals surface area contributed by atoms with Gasteiger partial charge in [-0.1, -0.05) is 36.4 Å². The van der Waals surface area contributed by atoms with Crippen LogP contribution in [-0.4, -0.2) is 0 Å². The SMILES string of the molecule is NCc1cc(F)ccc1COCc1ccccc1. The van der Waals surface area contributed by atoms with Gasteiger partial charge in [0.05, 0.1) is 13.2 Å². The number of benzene rings is 2. The molecule has 0 amide bonds. The Morgan fingerprint density at radius 3 is 2.44 bits per heavy atom. The van der Waals surface area contributed by atoms with E-state index in [1.54, 1.807) is 6.07 Å². The Kier molecular flexibility index (Phi) is 4.45. The maximum Gasteiger partial charge on any atom is 0.123 e. The van der Waals surface area contributed by atoms with Gasteiger partial charge in [0.25, 0.3) is 0 Å². The van der Waals surface area contributed by atoms with Crippen LogP contribution in [0.5, 0.6) is 0 Å². The van der Waals surface area contributed by atoms with Crippen LogP contribution in [0, 0.1) is 5.82 Å². The molecule has 0 aliphatic rings. The smallest absolute Gasteiger partial charge is 0.123 e. The van der Waals surface area contributed by atoms with Gasteiger partial charge < -0.3 is 10.5 Å². The Morgan fingerprint density at radius 1 is 0.944 bits per heavy atom. The van der Waals surface area contributed by atoms with Gasteiger partial charge in [0, 0.05) is 6.54 Å². The third kappa shape index (κ3) is 3.39. The zero-order valence-corrected chi connectivity index (χ0v) is 10.1. The summed E-state index contributed by atoms with van der Waals surface area (Å²) >= 11 is 0. The van der Waals surface area contributed by atoms with Crippen molar-refractivity contribution in [1.29, 1.82) is 0 Å². The van der Waals surface area contributed by atoms with E-state index < -0.39 is 0 Å². The molecule has 0 unspecified atom stereocenters. The van der Waals surface area contributed by atoms with Crippen LogP contribution < -0.4 is 5.73 Å². The minimum absolute atomic E-state index is 0.262. The first kappa shape index (κ1) is 12.7. The zero-order chi connectivity index (χ0) is 12.8. The number of nitrogens with two attached hydrogens (primary N) is 1. The van der Waals surface area contributed by atoms with Gasteiger partial charge in [0.1, 0.15) is 5.82 Å². The number of halogens is 1. The third-order valence-electron chi connectivity index (χ3n) is 2.76. The Balaban J connectivity index is 1.94. The van der Waals surface area contributed by atoms with Crippen LogP contribution in [0.2, 0.25) is 0 Å². The first-order chi connectivity index (χ1) is 8.79. The Bertz CT molecular complexity index is 499. The fourth-order valence-electron chi connectivity index (χ4n) is 1.78. The number of ether oxygens (including phenoxy) is 1. The van der Waals surface area contributed by atoms with Crippen molar-refractivity contribution >= 4 is 0 Å². The molecule has 2 rings (SSSR count). The molecular weight excluding hydrogens is 229 g/mol. The fourth-order valence-corrected chi connectivity index (χ4v) is 1.78. The van der Waals surface area contributed by atoms with Crippen LogP contribution in [-0.2, 0) is 24.5 Å². The van der Waals surface area contributed by atoms with E-state index >= 15 is 0 Å². The molecule has 2 aromatic rings. The molecular formula is C15H16FNO. The number of rotatable bonds is 5. The van der Waals surface area contributed by atoms with E-state index in [0.717, 1.165) is 16.7 Å². The first-order valence-corrected chi connectivity index (χ1v) is 5.88. The van der Waals surface area contributed by atoms with Crippen molar-refractivity contribution in [3.63, 3.8) is 0 Å². The van der Waals surface area contributed by atoms with E-state index in [2.05, 4.69) is 0 Å². The van der Waals surface area contributed by atoms with Crippen molar-refractivity contribution in [2.24, 2.45) is 5.73 Å². The van der Waals surface area contributed by atoms with Gasteiger partial charge in [-0.15, -0.1) is 0 Å².